The minimum absolute atomic E-state index is 0.154. The number of primary sulfonamides is 1. The molecule has 0 aliphatic heterocycles. The van der Waals surface area contributed by atoms with Crippen molar-refractivity contribution in [2.75, 3.05) is 0 Å². The van der Waals surface area contributed by atoms with E-state index in [4.69, 9.17) is 16.7 Å². The van der Waals surface area contributed by atoms with Gasteiger partial charge in [0.25, 0.3) is 0 Å². The molecular formula is C20H20ClN3O3S. The van der Waals surface area contributed by atoms with E-state index in [1.807, 2.05) is 19.1 Å². The number of pyridine rings is 1. The zero-order valence-electron chi connectivity index (χ0n) is 15.7. The second-order valence-electron chi connectivity index (χ2n) is 6.80. The van der Waals surface area contributed by atoms with E-state index in [1.54, 1.807) is 31.3 Å². The standard InChI is InChI=1S/C20H20ClN3O3S/c1-13-6-8-14(9-7-13)19(25)18-16(21)11-17(24(18)3)20(2,28(22,26)27)15-5-4-10-23-12-15/h4-12H,1-3H3,(H2,22,26,27). The van der Waals surface area contributed by atoms with E-state index in [-0.39, 0.29) is 22.2 Å². The number of rotatable bonds is 5. The number of nitrogens with zero attached hydrogens (tertiary/aromatic N) is 2. The SMILES string of the molecule is Cc1ccc(C(=O)c2c(Cl)cc(C(C)(c3cccnc3)S(N)(=O)=O)n2C)cc1. The molecule has 0 amide bonds. The van der Waals surface area contributed by atoms with Crippen LogP contribution in [-0.4, -0.2) is 23.8 Å². The number of ketones is 1. The third kappa shape index (κ3) is 3.26. The topological polar surface area (TPSA) is 95.1 Å². The molecule has 3 rings (SSSR count). The Morgan fingerprint density at radius 1 is 1.21 bits per heavy atom. The quantitative estimate of drug-likeness (QED) is 0.645. The fraction of sp³-hybridized carbons (Fsp3) is 0.200. The summed E-state index contributed by atoms with van der Waals surface area (Å²) in [5.41, 5.74) is 2.33. The Hall–Kier alpha value is -2.48. The molecule has 1 atom stereocenters. The molecule has 6 nitrogen and oxygen atoms in total. The highest BCUT2D eigenvalue weighted by Gasteiger charge is 2.44. The Balaban J connectivity index is 2.22. The van der Waals surface area contributed by atoms with Crippen LogP contribution >= 0.6 is 11.6 Å². The Labute approximate surface area is 169 Å². The normalized spacial score (nSPS) is 13.9. The van der Waals surface area contributed by atoms with E-state index in [1.165, 1.54) is 30.0 Å². The molecule has 8 heteroatoms. The number of aryl methyl sites for hydroxylation is 1. The first-order valence-corrected chi connectivity index (χ1v) is 10.4. The van der Waals surface area contributed by atoms with Gasteiger partial charge in [-0.05, 0) is 31.5 Å². The van der Waals surface area contributed by atoms with E-state index >= 15 is 0 Å². The first kappa shape index (κ1) is 20.3. The van der Waals surface area contributed by atoms with Gasteiger partial charge in [0.1, 0.15) is 10.4 Å². The molecule has 2 aromatic heterocycles. The van der Waals surface area contributed by atoms with E-state index in [9.17, 15) is 13.2 Å². The van der Waals surface area contributed by atoms with Gasteiger partial charge < -0.3 is 4.57 Å². The number of nitrogens with two attached hydrogens (primary N) is 1. The van der Waals surface area contributed by atoms with Gasteiger partial charge in [0.2, 0.25) is 15.8 Å². The number of halogens is 1. The van der Waals surface area contributed by atoms with Crippen LogP contribution in [-0.2, 0) is 21.8 Å². The van der Waals surface area contributed by atoms with Gasteiger partial charge in [0, 0.05) is 30.7 Å². The molecule has 0 bridgehead atoms. The first-order valence-electron chi connectivity index (χ1n) is 8.47. The van der Waals surface area contributed by atoms with Crippen LogP contribution in [0.5, 0.6) is 0 Å². The van der Waals surface area contributed by atoms with Gasteiger partial charge in [0.05, 0.1) is 5.02 Å². The lowest BCUT2D eigenvalue weighted by atomic mass is 9.98. The van der Waals surface area contributed by atoms with Gasteiger partial charge in [-0.2, -0.15) is 0 Å². The van der Waals surface area contributed by atoms with Crippen molar-refractivity contribution in [1.29, 1.82) is 0 Å². The summed E-state index contributed by atoms with van der Waals surface area (Å²) in [4.78, 5) is 17.0. The highest BCUT2D eigenvalue weighted by atomic mass is 35.5. The molecule has 146 valence electrons. The van der Waals surface area contributed by atoms with Crippen molar-refractivity contribution >= 4 is 27.4 Å². The van der Waals surface area contributed by atoms with Crippen molar-refractivity contribution in [1.82, 2.24) is 9.55 Å². The molecule has 0 radical (unpaired) electrons. The third-order valence-corrected chi connectivity index (χ3v) is 6.86. The molecule has 0 spiro atoms. The summed E-state index contributed by atoms with van der Waals surface area (Å²) < 4.78 is 25.1. The van der Waals surface area contributed by atoms with Crippen LogP contribution in [0.25, 0.3) is 0 Å². The smallest absolute Gasteiger partial charge is 0.224 e. The fourth-order valence-corrected chi connectivity index (χ4v) is 4.48. The number of hydrogen-bond acceptors (Lipinski definition) is 4. The molecule has 2 N–H and O–H groups in total. The minimum atomic E-state index is -4.12. The maximum absolute atomic E-state index is 13.0. The van der Waals surface area contributed by atoms with Gasteiger partial charge in [-0.3, -0.25) is 9.78 Å². The second-order valence-corrected chi connectivity index (χ2v) is 9.11. The van der Waals surface area contributed by atoms with Crippen molar-refractivity contribution in [3.63, 3.8) is 0 Å². The van der Waals surface area contributed by atoms with Gasteiger partial charge >= 0.3 is 0 Å². The molecule has 1 aromatic carbocycles. The first-order chi connectivity index (χ1) is 13.1. The number of carbonyl (C=O) groups is 1. The van der Waals surface area contributed by atoms with Crippen molar-refractivity contribution in [2.24, 2.45) is 12.2 Å². The zero-order chi connectivity index (χ0) is 20.7. The molecule has 0 saturated heterocycles. The number of hydrogen-bond donors (Lipinski definition) is 1. The number of aromatic nitrogens is 2. The molecule has 28 heavy (non-hydrogen) atoms. The Kier molecular flexibility index (Phi) is 5.18. The maximum Gasteiger partial charge on any atom is 0.224 e. The lowest BCUT2D eigenvalue weighted by molar-refractivity contribution is 0.103. The van der Waals surface area contributed by atoms with Crippen LogP contribution < -0.4 is 5.14 Å². The predicted molar refractivity (Wildman–Crippen MR) is 109 cm³/mol. The minimum Gasteiger partial charge on any atom is -0.342 e. The second kappa shape index (κ2) is 7.16. The number of benzene rings is 1. The lowest BCUT2D eigenvalue weighted by Crippen LogP contribution is -2.41. The predicted octanol–water partition coefficient (Wildman–Crippen LogP) is 3.16. The monoisotopic (exact) mass is 417 g/mol. The zero-order valence-corrected chi connectivity index (χ0v) is 17.3. The van der Waals surface area contributed by atoms with Crippen molar-refractivity contribution < 1.29 is 13.2 Å². The Morgan fingerprint density at radius 3 is 2.39 bits per heavy atom. The summed E-state index contributed by atoms with van der Waals surface area (Å²) in [6, 6.07) is 11.8. The highest BCUT2D eigenvalue weighted by molar-refractivity contribution is 7.90. The van der Waals surface area contributed by atoms with Gasteiger partial charge in [-0.15, -0.1) is 0 Å². The van der Waals surface area contributed by atoms with Crippen molar-refractivity contribution in [3.8, 4) is 0 Å². The Morgan fingerprint density at radius 2 is 1.86 bits per heavy atom. The number of sulfonamides is 1. The molecular weight excluding hydrogens is 398 g/mol. The van der Waals surface area contributed by atoms with Crippen LogP contribution in [0.2, 0.25) is 5.02 Å². The summed E-state index contributed by atoms with van der Waals surface area (Å²) in [5, 5.41) is 5.77. The lowest BCUT2D eigenvalue weighted by Gasteiger charge is -2.28. The van der Waals surface area contributed by atoms with Crippen LogP contribution in [0.15, 0.2) is 54.9 Å². The van der Waals surface area contributed by atoms with E-state index in [0.717, 1.165) is 5.56 Å². The summed E-state index contributed by atoms with van der Waals surface area (Å²) in [7, 11) is -2.52. The molecule has 0 aliphatic rings. The van der Waals surface area contributed by atoms with Crippen LogP contribution in [0.4, 0.5) is 0 Å². The maximum atomic E-state index is 13.0. The third-order valence-electron chi connectivity index (χ3n) is 4.99. The molecule has 2 heterocycles. The summed E-state index contributed by atoms with van der Waals surface area (Å²) in [6.45, 7) is 3.40. The number of carbonyl (C=O) groups excluding carboxylic acids is 1. The van der Waals surface area contributed by atoms with Gasteiger partial charge in [-0.25, -0.2) is 13.6 Å². The largest absolute Gasteiger partial charge is 0.342 e. The van der Waals surface area contributed by atoms with Gasteiger partial charge in [0.15, 0.2) is 0 Å². The van der Waals surface area contributed by atoms with E-state index < -0.39 is 14.8 Å². The van der Waals surface area contributed by atoms with E-state index in [0.29, 0.717) is 11.1 Å². The molecule has 0 fully saturated rings. The average molecular weight is 418 g/mol. The highest BCUT2D eigenvalue weighted by Crippen LogP contribution is 2.39. The fourth-order valence-electron chi connectivity index (χ4n) is 3.23. The van der Waals surface area contributed by atoms with Crippen LogP contribution in [0.1, 0.15) is 39.8 Å². The van der Waals surface area contributed by atoms with Gasteiger partial charge in [-0.1, -0.05) is 47.5 Å². The van der Waals surface area contributed by atoms with Crippen LogP contribution in [0, 0.1) is 6.92 Å². The molecule has 0 aliphatic carbocycles. The Bertz CT molecular complexity index is 1140. The molecule has 3 aromatic rings. The molecule has 1 unspecified atom stereocenters. The van der Waals surface area contributed by atoms with E-state index in [2.05, 4.69) is 4.98 Å². The van der Waals surface area contributed by atoms with Crippen molar-refractivity contribution in [3.05, 3.63) is 88.0 Å². The molecule has 0 saturated carbocycles. The van der Waals surface area contributed by atoms with Crippen LogP contribution in [0.3, 0.4) is 0 Å². The summed E-state index contributed by atoms with van der Waals surface area (Å²) >= 11 is 6.38. The van der Waals surface area contributed by atoms with Crippen molar-refractivity contribution in [2.45, 2.75) is 18.6 Å². The summed E-state index contributed by atoms with van der Waals surface area (Å²) in [5.74, 6) is -0.304. The summed E-state index contributed by atoms with van der Waals surface area (Å²) in [6.07, 6.45) is 2.98. The average Bonchev–Trinajstić information content (AvgIpc) is 2.95.